The van der Waals surface area contributed by atoms with Crippen LogP contribution in [0.5, 0.6) is 5.75 Å². The first-order valence-corrected chi connectivity index (χ1v) is 9.93. The Labute approximate surface area is 174 Å². The number of aromatic nitrogens is 1. The predicted octanol–water partition coefficient (Wildman–Crippen LogP) is 4.05. The molecule has 1 fully saturated rings. The highest BCUT2D eigenvalue weighted by molar-refractivity contribution is 7.21. The van der Waals surface area contributed by atoms with Gasteiger partial charge in [-0.1, -0.05) is 12.1 Å². The lowest BCUT2D eigenvalue weighted by atomic mass is 10.0. The van der Waals surface area contributed by atoms with Crippen LogP contribution >= 0.6 is 11.3 Å². The van der Waals surface area contributed by atoms with E-state index >= 15 is 0 Å². The molecule has 0 unspecified atom stereocenters. The number of nitrogen functional groups attached to an aromatic ring is 1. The zero-order valence-corrected chi connectivity index (χ0v) is 16.8. The van der Waals surface area contributed by atoms with Crippen LogP contribution in [0.2, 0.25) is 0 Å². The Morgan fingerprint density at radius 1 is 1.27 bits per heavy atom. The van der Waals surface area contributed by atoms with Crippen LogP contribution in [0.4, 0.5) is 18.9 Å². The molecule has 0 atom stereocenters. The summed E-state index contributed by atoms with van der Waals surface area (Å²) in [6.45, 7) is 1.48. The molecule has 0 aliphatic carbocycles. The van der Waals surface area contributed by atoms with E-state index in [1.807, 2.05) is 0 Å². The van der Waals surface area contributed by atoms with E-state index in [0.29, 0.717) is 37.6 Å². The Hall–Kier alpha value is -2.85. The summed E-state index contributed by atoms with van der Waals surface area (Å²) in [6.07, 6.45) is -4.66. The van der Waals surface area contributed by atoms with E-state index in [0.717, 1.165) is 17.4 Å². The molecule has 0 bridgehead atoms. The fourth-order valence-electron chi connectivity index (χ4n) is 3.34. The molecule has 10 heteroatoms. The lowest BCUT2D eigenvalue weighted by Crippen LogP contribution is -2.40. The number of hydrogen-bond donors (Lipinski definition) is 1. The molecule has 0 saturated carbocycles. The van der Waals surface area contributed by atoms with Crippen LogP contribution in [-0.2, 0) is 10.9 Å². The van der Waals surface area contributed by atoms with E-state index < -0.39 is 17.6 Å². The third-order valence-electron chi connectivity index (χ3n) is 4.86. The van der Waals surface area contributed by atoms with Crippen molar-refractivity contribution < 1.29 is 27.4 Å². The molecule has 1 aliphatic heterocycles. The van der Waals surface area contributed by atoms with Gasteiger partial charge in [0.2, 0.25) is 0 Å². The molecule has 1 saturated heterocycles. The number of benzene rings is 1. The van der Waals surface area contributed by atoms with Gasteiger partial charge in [-0.15, -0.1) is 11.3 Å². The number of nitrogens with zero attached hydrogens (tertiary/aromatic N) is 2. The molecule has 3 aromatic rings. The number of fused-ring (bicyclic) bond motifs is 1. The van der Waals surface area contributed by atoms with Crippen molar-refractivity contribution in [1.82, 2.24) is 9.88 Å². The van der Waals surface area contributed by atoms with Crippen molar-refractivity contribution in [3.63, 3.8) is 0 Å². The molecule has 6 nitrogen and oxygen atoms in total. The minimum atomic E-state index is -4.66. The smallest absolute Gasteiger partial charge is 0.417 e. The first-order chi connectivity index (χ1) is 14.3. The normalized spacial score (nSPS) is 14.9. The molecular formula is C20H18F3N3O3S. The zero-order chi connectivity index (χ0) is 21.5. The van der Waals surface area contributed by atoms with Gasteiger partial charge >= 0.3 is 6.18 Å². The third-order valence-corrected chi connectivity index (χ3v) is 5.95. The second-order valence-corrected chi connectivity index (χ2v) is 7.71. The molecular weight excluding hydrogens is 419 g/mol. The number of alkyl halides is 3. The Balaban J connectivity index is 1.88. The van der Waals surface area contributed by atoms with Crippen molar-refractivity contribution in [3.05, 3.63) is 40.8 Å². The third kappa shape index (κ3) is 3.68. The molecule has 0 spiro atoms. The van der Waals surface area contributed by atoms with E-state index in [9.17, 15) is 18.0 Å². The molecule has 0 radical (unpaired) electrons. The van der Waals surface area contributed by atoms with Crippen molar-refractivity contribution in [2.24, 2.45) is 0 Å². The van der Waals surface area contributed by atoms with Gasteiger partial charge in [-0.2, -0.15) is 13.2 Å². The number of thiophene rings is 1. The molecule has 1 aromatic carbocycles. The number of carbonyl (C=O) groups is 1. The van der Waals surface area contributed by atoms with Crippen LogP contribution in [0, 0.1) is 0 Å². The van der Waals surface area contributed by atoms with Crippen molar-refractivity contribution in [2.75, 3.05) is 39.1 Å². The quantitative estimate of drug-likeness (QED) is 0.669. The van der Waals surface area contributed by atoms with E-state index in [-0.39, 0.29) is 26.5 Å². The largest absolute Gasteiger partial charge is 0.497 e. The zero-order valence-electron chi connectivity index (χ0n) is 16.0. The molecule has 1 aliphatic rings. The molecule has 158 valence electrons. The van der Waals surface area contributed by atoms with Crippen LogP contribution < -0.4 is 10.5 Å². The summed E-state index contributed by atoms with van der Waals surface area (Å²) >= 11 is 0.875. The predicted molar refractivity (Wildman–Crippen MR) is 108 cm³/mol. The number of methoxy groups -OCH3 is 1. The molecule has 3 heterocycles. The Morgan fingerprint density at radius 2 is 2.00 bits per heavy atom. The maximum Gasteiger partial charge on any atom is 0.417 e. The average molecular weight is 437 g/mol. The second kappa shape index (κ2) is 7.77. The highest BCUT2D eigenvalue weighted by atomic mass is 32.1. The maximum absolute atomic E-state index is 13.9. The topological polar surface area (TPSA) is 77.7 Å². The van der Waals surface area contributed by atoms with Crippen LogP contribution in [0.1, 0.15) is 15.2 Å². The monoisotopic (exact) mass is 437 g/mol. The van der Waals surface area contributed by atoms with E-state index in [1.54, 1.807) is 24.3 Å². The first-order valence-electron chi connectivity index (χ1n) is 9.11. The fourth-order valence-corrected chi connectivity index (χ4v) is 4.43. The van der Waals surface area contributed by atoms with Gasteiger partial charge in [0.1, 0.15) is 15.5 Å². The summed E-state index contributed by atoms with van der Waals surface area (Å²) in [5.74, 6) is 0.0895. The highest BCUT2D eigenvalue weighted by Crippen LogP contribution is 2.44. The van der Waals surface area contributed by atoms with E-state index in [2.05, 4.69) is 4.98 Å². The lowest BCUT2D eigenvalue weighted by molar-refractivity contribution is -0.136. The van der Waals surface area contributed by atoms with Gasteiger partial charge in [-0.25, -0.2) is 4.98 Å². The standard InChI is InChI=1S/C20H18F3N3O3S/c1-28-12-4-2-3-11(9-12)14-10-13(20(21,22)23)15-16(24)17(30-18(15)25-14)19(27)26-5-7-29-8-6-26/h2-4,9-10H,5-8,24H2,1H3. The van der Waals surface area contributed by atoms with Crippen molar-refractivity contribution in [1.29, 1.82) is 0 Å². The number of morpholine rings is 1. The summed E-state index contributed by atoms with van der Waals surface area (Å²) in [7, 11) is 1.47. The minimum Gasteiger partial charge on any atom is -0.497 e. The van der Waals surface area contributed by atoms with Crippen LogP contribution in [-0.4, -0.2) is 49.2 Å². The molecule has 2 N–H and O–H groups in total. The van der Waals surface area contributed by atoms with Gasteiger partial charge in [0.15, 0.2) is 0 Å². The SMILES string of the molecule is COc1cccc(-c2cc(C(F)(F)F)c3c(N)c(C(=O)N4CCOCC4)sc3n2)c1. The molecule has 30 heavy (non-hydrogen) atoms. The van der Waals surface area contributed by atoms with Gasteiger partial charge in [-0.05, 0) is 18.2 Å². The van der Waals surface area contributed by atoms with E-state index in [1.165, 1.54) is 12.0 Å². The number of hydrogen-bond acceptors (Lipinski definition) is 6. The van der Waals surface area contributed by atoms with Crippen molar-refractivity contribution in [2.45, 2.75) is 6.18 Å². The van der Waals surface area contributed by atoms with Gasteiger partial charge in [0.05, 0.1) is 37.3 Å². The van der Waals surface area contributed by atoms with Crippen molar-refractivity contribution in [3.8, 4) is 17.0 Å². The number of amides is 1. The van der Waals surface area contributed by atoms with Gasteiger partial charge in [0.25, 0.3) is 5.91 Å². The average Bonchev–Trinajstić information content (AvgIpc) is 3.09. The van der Waals surface area contributed by atoms with Gasteiger partial charge in [0, 0.05) is 24.0 Å². The number of rotatable bonds is 3. The molecule has 1 amide bonds. The number of nitrogens with two attached hydrogens (primary N) is 1. The molecule has 2 aromatic heterocycles. The fraction of sp³-hybridized carbons (Fsp3) is 0.300. The summed E-state index contributed by atoms with van der Waals surface area (Å²) < 4.78 is 52.1. The Kier molecular flexibility index (Phi) is 5.29. The first kappa shape index (κ1) is 20.4. The van der Waals surface area contributed by atoms with Crippen LogP contribution in [0.3, 0.4) is 0 Å². The molecule has 4 rings (SSSR count). The number of pyridine rings is 1. The van der Waals surface area contributed by atoms with Crippen LogP contribution in [0.15, 0.2) is 30.3 Å². The summed E-state index contributed by atoms with van der Waals surface area (Å²) in [5, 5.41) is -0.240. The summed E-state index contributed by atoms with van der Waals surface area (Å²) in [5.41, 5.74) is 5.54. The van der Waals surface area contributed by atoms with Gasteiger partial charge < -0.3 is 20.1 Å². The number of anilines is 1. The summed E-state index contributed by atoms with van der Waals surface area (Å²) in [4.78, 5) is 18.9. The van der Waals surface area contributed by atoms with E-state index in [4.69, 9.17) is 15.2 Å². The second-order valence-electron chi connectivity index (χ2n) is 6.71. The maximum atomic E-state index is 13.9. The van der Waals surface area contributed by atoms with Gasteiger partial charge in [-0.3, -0.25) is 4.79 Å². The number of carbonyl (C=O) groups excluding carboxylic acids is 1. The van der Waals surface area contributed by atoms with Crippen molar-refractivity contribution >= 4 is 33.1 Å². The minimum absolute atomic E-state index is 0.0627. The van der Waals surface area contributed by atoms with Crippen LogP contribution in [0.25, 0.3) is 21.5 Å². The Morgan fingerprint density at radius 3 is 2.67 bits per heavy atom. The Bertz CT molecular complexity index is 1110. The summed E-state index contributed by atoms with van der Waals surface area (Å²) in [6, 6.07) is 7.57. The number of ether oxygens (including phenoxy) is 2. The number of halogens is 3. The lowest BCUT2D eigenvalue weighted by Gasteiger charge is -2.26. The highest BCUT2D eigenvalue weighted by Gasteiger charge is 2.37.